The zero-order valence-corrected chi connectivity index (χ0v) is 18.4. The van der Waals surface area contributed by atoms with Crippen molar-refractivity contribution in [3.05, 3.63) is 121 Å². The van der Waals surface area contributed by atoms with E-state index in [1.165, 1.54) is 28.0 Å². The fraction of sp³-hybridized carbons (Fsp3) is 0.0400. The summed E-state index contributed by atoms with van der Waals surface area (Å²) in [6.07, 6.45) is 0.649. The quantitative estimate of drug-likeness (QED) is 0.294. The van der Waals surface area contributed by atoms with Gasteiger partial charge in [0.15, 0.2) is 0 Å². The molecule has 4 aromatic rings. The number of halogens is 2. The van der Waals surface area contributed by atoms with Gasteiger partial charge in [0.25, 0.3) is 0 Å². The van der Waals surface area contributed by atoms with Crippen LogP contribution in [0.25, 0.3) is 0 Å². The second kappa shape index (κ2) is 7.74. The molecule has 0 saturated heterocycles. The number of benzene rings is 4. The van der Waals surface area contributed by atoms with E-state index in [-0.39, 0.29) is 5.82 Å². The molecule has 4 rings (SSSR count). The van der Waals surface area contributed by atoms with Crippen molar-refractivity contribution in [3.63, 3.8) is 0 Å². The van der Waals surface area contributed by atoms with Gasteiger partial charge in [0.1, 0.15) is 0 Å². The third-order valence-corrected chi connectivity index (χ3v) is 15.0. The third kappa shape index (κ3) is 3.39. The first kappa shape index (κ1) is 19.8. The Bertz CT molecular complexity index is 1020. The molecule has 0 amide bonds. The van der Waals surface area contributed by atoms with Gasteiger partial charge in [-0.25, -0.2) is 0 Å². The van der Waals surface area contributed by atoms with E-state index in [4.69, 9.17) is 5.73 Å². The molecule has 0 unspecified atom stereocenters. The standard InChI is InChI=1S/C25H22BrFNP/c26-29(22-10-4-1-5-11-22,23-12-6-2-7-13-23,24-14-8-3-9-15-24)19-20-16-17-21(27)18-25(20)28/h1-18H,19,28H2. The van der Waals surface area contributed by atoms with Gasteiger partial charge in [-0.3, -0.25) is 0 Å². The van der Waals surface area contributed by atoms with Crippen LogP contribution in [0, 0.1) is 5.82 Å². The zero-order valence-electron chi connectivity index (χ0n) is 15.9. The Morgan fingerprint density at radius 1 is 0.655 bits per heavy atom. The monoisotopic (exact) mass is 465 g/mol. The fourth-order valence-corrected chi connectivity index (χ4v) is 11.7. The van der Waals surface area contributed by atoms with Crippen LogP contribution in [0.15, 0.2) is 109 Å². The molecule has 0 aliphatic heterocycles. The van der Waals surface area contributed by atoms with Crippen molar-refractivity contribution < 1.29 is 4.39 Å². The summed E-state index contributed by atoms with van der Waals surface area (Å²) in [5.41, 5.74) is 7.68. The van der Waals surface area contributed by atoms with Crippen molar-refractivity contribution in [2.24, 2.45) is 0 Å². The van der Waals surface area contributed by atoms with E-state index in [2.05, 4.69) is 88.3 Å². The molecule has 0 fully saturated rings. The Morgan fingerprint density at radius 2 is 1.07 bits per heavy atom. The zero-order chi connectivity index (χ0) is 20.3. The average Bonchev–Trinajstić information content (AvgIpc) is 2.78. The molecular weight excluding hydrogens is 444 g/mol. The Labute approximate surface area is 179 Å². The van der Waals surface area contributed by atoms with Crippen molar-refractivity contribution in [3.8, 4) is 0 Å². The van der Waals surface area contributed by atoms with Gasteiger partial charge >= 0.3 is 179 Å². The third-order valence-electron chi connectivity index (χ3n) is 5.46. The molecule has 0 bridgehead atoms. The van der Waals surface area contributed by atoms with Crippen LogP contribution < -0.4 is 21.6 Å². The Morgan fingerprint density at radius 3 is 1.45 bits per heavy atom. The summed E-state index contributed by atoms with van der Waals surface area (Å²) in [5, 5.41) is 0.503. The van der Waals surface area contributed by atoms with E-state index in [1.54, 1.807) is 0 Å². The minimum absolute atomic E-state index is 0.319. The molecule has 0 aliphatic rings. The summed E-state index contributed by atoms with van der Waals surface area (Å²) in [6.45, 7) is 0. The van der Waals surface area contributed by atoms with E-state index >= 15 is 0 Å². The van der Waals surface area contributed by atoms with Crippen molar-refractivity contribution in [2.75, 3.05) is 5.73 Å². The van der Waals surface area contributed by atoms with Crippen molar-refractivity contribution >= 4 is 42.4 Å². The summed E-state index contributed by atoms with van der Waals surface area (Å²) in [7, 11) is 0. The fourth-order valence-electron chi connectivity index (χ4n) is 3.97. The molecule has 0 spiro atoms. The number of hydrogen-bond donors (Lipinski definition) is 1. The second-order valence-electron chi connectivity index (χ2n) is 7.19. The van der Waals surface area contributed by atoms with Gasteiger partial charge < -0.3 is 0 Å². The van der Waals surface area contributed by atoms with Crippen molar-refractivity contribution in [1.82, 2.24) is 0 Å². The van der Waals surface area contributed by atoms with Crippen LogP contribution in [-0.4, -0.2) is 0 Å². The van der Waals surface area contributed by atoms with Gasteiger partial charge in [0.05, 0.1) is 0 Å². The van der Waals surface area contributed by atoms with E-state index in [0.29, 0.717) is 11.8 Å². The van der Waals surface area contributed by atoms with Crippen LogP contribution in [0.5, 0.6) is 0 Å². The topological polar surface area (TPSA) is 26.0 Å². The van der Waals surface area contributed by atoms with E-state index < -0.39 is 5.31 Å². The van der Waals surface area contributed by atoms with Gasteiger partial charge in [-0.05, 0) is 0 Å². The Kier molecular flexibility index (Phi) is 5.29. The molecule has 0 saturated carbocycles. The van der Waals surface area contributed by atoms with Crippen LogP contribution in [0.4, 0.5) is 10.1 Å². The number of anilines is 1. The van der Waals surface area contributed by atoms with Crippen LogP contribution in [-0.2, 0) is 6.16 Å². The number of rotatable bonds is 5. The number of nitrogens with two attached hydrogens (primary N) is 1. The second-order valence-corrected chi connectivity index (χ2v) is 16.1. The average molecular weight is 466 g/mol. The molecule has 29 heavy (non-hydrogen) atoms. The van der Waals surface area contributed by atoms with Gasteiger partial charge in [-0.1, -0.05) is 0 Å². The van der Waals surface area contributed by atoms with Gasteiger partial charge in [0, 0.05) is 0 Å². The maximum atomic E-state index is 13.8. The molecule has 0 radical (unpaired) electrons. The van der Waals surface area contributed by atoms with Crippen LogP contribution in [0.1, 0.15) is 5.56 Å². The molecule has 2 N–H and O–H groups in total. The first-order chi connectivity index (χ1) is 14.0. The van der Waals surface area contributed by atoms with E-state index in [9.17, 15) is 4.39 Å². The molecule has 0 atom stereocenters. The number of nitrogen functional groups attached to an aromatic ring is 1. The molecule has 146 valence electrons. The van der Waals surface area contributed by atoms with Gasteiger partial charge in [-0.15, -0.1) is 0 Å². The molecule has 4 aromatic carbocycles. The molecule has 1 nitrogen and oxygen atoms in total. The van der Waals surface area contributed by atoms with Crippen molar-refractivity contribution in [1.29, 1.82) is 0 Å². The summed E-state index contributed by atoms with van der Waals surface area (Å²) < 4.78 is 13.8. The van der Waals surface area contributed by atoms with Gasteiger partial charge in [-0.2, -0.15) is 0 Å². The molecule has 0 aliphatic carbocycles. The minimum atomic E-state index is -3.12. The molecule has 0 aromatic heterocycles. The molecule has 4 heteroatoms. The molecular formula is C25H22BrFNP. The maximum absolute atomic E-state index is 13.8. The first-order valence-electron chi connectivity index (χ1n) is 9.46. The number of hydrogen-bond acceptors (Lipinski definition) is 1. The SMILES string of the molecule is Nc1cc(F)ccc1CP(Br)(c1ccccc1)(c1ccccc1)c1ccccc1. The van der Waals surface area contributed by atoms with Crippen LogP contribution in [0.2, 0.25) is 0 Å². The van der Waals surface area contributed by atoms with Crippen LogP contribution in [0.3, 0.4) is 0 Å². The summed E-state index contributed by atoms with van der Waals surface area (Å²) >= 11 is 4.39. The van der Waals surface area contributed by atoms with Crippen molar-refractivity contribution in [2.45, 2.75) is 6.16 Å². The normalized spacial score (nSPS) is 12.8. The summed E-state index contributed by atoms with van der Waals surface area (Å²) in [6, 6.07) is 36.2. The predicted octanol–water partition coefficient (Wildman–Crippen LogP) is 5.75. The molecule has 0 heterocycles. The van der Waals surface area contributed by atoms with E-state index in [1.807, 2.05) is 24.3 Å². The summed E-state index contributed by atoms with van der Waals surface area (Å²) in [5.74, 6) is -0.319. The predicted molar refractivity (Wildman–Crippen MR) is 129 cm³/mol. The van der Waals surface area contributed by atoms with E-state index in [0.717, 1.165) is 5.56 Å². The first-order valence-corrected chi connectivity index (χ1v) is 13.9. The Balaban J connectivity index is 2.09. The summed E-state index contributed by atoms with van der Waals surface area (Å²) in [4.78, 5) is 0. The Hall–Kier alpha value is -2.48. The van der Waals surface area contributed by atoms with Crippen LogP contribution >= 0.6 is 20.8 Å². The van der Waals surface area contributed by atoms with Gasteiger partial charge in [0.2, 0.25) is 0 Å².